The van der Waals surface area contributed by atoms with Crippen molar-refractivity contribution < 1.29 is 13.2 Å². The predicted octanol–water partition coefficient (Wildman–Crippen LogP) is 3.01. The highest BCUT2D eigenvalue weighted by molar-refractivity contribution is 8.00. The topological polar surface area (TPSA) is 42.2 Å². The lowest BCUT2D eigenvalue weighted by atomic mass is 10.2. The maximum atomic E-state index is 12.7. The number of pyridine rings is 1. The molecule has 2 rings (SSSR count). The summed E-state index contributed by atoms with van der Waals surface area (Å²) < 4.78 is 38.1. The van der Waals surface area contributed by atoms with Gasteiger partial charge >= 0.3 is 6.18 Å². The van der Waals surface area contributed by atoms with Crippen LogP contribution < -0.4 is 10.6 Å². The van der Waals surface area contributed by atoms with Crippen molar-refractivity contribution in [2.24, 2.45) is 0 Å². The normalized spacial score (nSPS) is 20.6. The van der Waals surface area contributed by atoms with Gasteiger partial charge in [0.05, 0.1) is 17.6 Å². The van der Waals surface area contributed by atoms with Gasteiger partial charge in [-0.05, 0) is 12.5 Å². The molecule has 0 radical (unpaired) electrons. The lowest BCUT2D eigenvalue weighted by Crippen LogP contribution is -2.38. The lowest BCUT2D eigenvalue weighted by molar-refractivity contribution is -0.141. The number of alkyl halides is 3. The molecule has 2 N–H and O–H groups in total. The fourth-order valence-electron chi connectivity index (χ4n) is 2.07. The van der Waals surface area contributed by atoms with Gasteiger partial charge in [0, 0.05) is 24.1 Å². The summed E-state index contributed by atoms with van der Waals surface area (Å²) in [5.74, 6) is 0.904. The second-order valence-electron chi connectivity index (χ2n) is 4.47. The second-order valence-corrected chi connectivity index (χ2v) is 5.88. The molecule has 0 amide bonds. The Kier molecular flexibility index (Phi) is 4.13. The number of halogens is 3. The summed E-state index contributed by atoms with van der Waals surface area (Å²) >= 11 is 1.86. The van der Waals surface area contributed by atoms with E-state index in [0.29, 0.717) is 23.2 Å². The highest BCUT2D eigenvalue weighted by atomic mass is 32.2. The third-order valence-electron chi connectivity index (χ3n) is 3.14. The molecule has 7 heteroatoms. The van der Waals surface area contributed by atoms with Gasteiger partial charge in [-0.15, -0.1) is 0 Å². The summed E-state index contributed by atoms with van der Waals surface area (Å²) in [6.45, 7) is 3.53. The number of nitrogens with two attached hydrogens (primary N) is 1. The molecule has 19 heavy (non-hydrogen) atoms. The van der Waals surface area contributed by atoms with Crippen LogP contribution in [0.4, 0.5) is 24.5 Å². The first kappa shape index (κ1) is 14.3. The van der Waals surface area contributed by atoms with Crippen LogP contribution >= 0.6 is 11.8 Å². The molecule has 1 saturated heterocycles. The van der Waals surface area contributed by atoms with Crippen molar-refractivity contribution in [3.05, 3.63) is 18.0 Å². The van der Waals surface area contributed by atoms with Crippen LogP contribution in [0.3, 0.4) is 0 Å². The molecule has 3 nitrogen and oxygen atoms in total. The summed E-state index contributed by atoms with van der Waals surface area (Å²) in [5, 5.41) is 0.440. The van der Waals surface area contributed by atoms with Gasteiger partial charge in [0.1, 0.15) is 5.69 Å². The number of anilines is 2. The summed E-state index contributed by atoms with van der Waals surface area (Å²) in [4.78, 5) is 5.29. The van der Waals surface area contributed by atoms with Gasteiger partial charge in [-0.2, -0.15) is 24.9 Å². The zero-order valence-corrected chi connectivity index (χ0v) is 11.4. The van der Waals surface area contributed by atoms with Crippen molar-refractivity contribution in [2.75, 3.05) is 29.5 Å². The van der Waals surface area contributed by atoms with E-state index in [1.54, 1.807) is 0 Å². The van der Waals surface area contributed by atoms with Crippen LogP contribution in [-0.2, 0) is 6.18 Å². The largest absolute Gasteiger partial charge is 0.433 e. The standard InChI is InChI=1S/C12H16F3N3S/c1-2-8-7-18(3-4-19-8)10-5-11(12(13,14)15)17-6-9(10)16/h5-6,8H,2-4,7,16H2,1H3. The van der Waals surface area contributed by atoms with Crippen LogP contribution in [0.1, 0.15) is 19.0 Å². The third-order valence-corrected chi connectivity index (χ3v) is 4.51. The van der Waals surface area contributed by atoms with Crippen molar-refractivity contribution in [3.8, 4) is 0 Å². The van der Waals surface area contributed by atoms with Gasteiger partial charge < -0.3 is 10.6 Å². The van der Waals surface area contributed by atoms with E-state index in [-0.39, 0.29) is 0 Å². The smallest absolute Gasteiger partial charge is 0.396 e. The molecule has 1 aliphatic rings. The Morgan fingerprint density at radius 1 is 1.53 bits per heavy atom. The van der Waals surface area contributed by atoms with E-state index in [2.05, 4.69) is 11.9 Å². The SMILES string of the molecule is CCC1CN(c2cc(C(F)(F)F)ncc2N)CCS1. The number of hydrogen-bond donors (Lipinski definition) is 1. The van der Waals surface area contributed by atoms with Crippen LogP contribution in [0.25, 0.3) is 0 Å². The van der Waals surface area contributed by atoms with Crippen LogP contribution in [-0.4, -0.2) is 29.1 Å². The second kappa shape index (κ2) is 5.48. The van der Waals surface area contributed by atoms with Gasteiger partial charge in [0.2, 0.25) is 0 Å². The fraction of sp³-hybridized carbons (Fsp3) is 0.583. The van der Waals surface area contributed by atoms with E-state index in [0.717, 1.165) is 31.0 Å². The van der Waals surface area contributed by atoms with Crippen LogP contribution in [0.5, 0.6) is 0 Å². The number of nitrogens with zero attached hydrogens (tertiary/aromatic N) is 2. The van der Waals surface area contributed by atoms with E-state index in [1.165, 1.54) is 0 Å². The molecule has 0 spiro atoms. The minimum Gasteiger partial charge on any atom is -0.396 e. The van der Waals surface area contributed by atoms with Crippen LogP contribution in [0, 0.1) is 0 Å². The zero-order chi connectivity index (χ0) is 14.0. The monoisotopic (exact) mass is 291 g/mol. The van der Waals surface area contributed by atoms with E-state index in [9.17, 15) is 13.2 Å². The van der Waals surface area contributed by atoms with Crippen LogP contribution in [0.2, 0.25) is 0 Å². The molecule has 1 aromatic heterocycles. The molecule has 106 valence electrons. The average Bonchev–Trinajstić information content (AvgIpc) is 2.38. The Morgan fingerprint density at radius 3 is 2.89 bits per heavy atom. The number of thioether (sulfide) groups is 1. The molecule has 1 unspecified atom stereocenters. The van der Waals surface area contributed by atoms with E-state index < -0.39 is 11.9 Å². The molecule has 1 atom stereocenters. The number of rotatable bonds is 2. The quantitative estimate of drug-likeness (QED) is 0.909. The van der Waals surface area contributed by atoms with Crippen molar-refractivity contribution >= 4 is 23.1 Å². The van der Waals surface area contributed by atoms with Gasteiger partial charge in [0.15, 0.2) is 0 Å². The van der Waals surface area contributed by atoms with Gasteiger partial charge in [-0.25, -0.2) is 4.98 Å². The van der Waals surface area contributed by atoms with E-state index in [4.69, 9.17) is 5.73 Å². The minimum absolute atomic E-state index is 0.301. The molecule has 0 saturated carbocycles. The van der Waals surface area contributed by atoms with Crippen molar-refractivity contribution in [2.45, 2.75) is 24.8 Å². The lowest BCUT2D eigenvalue weighted by Gasteiger charge is -2.34. The fourth-order valence-corrected chi connectivity index (χ4v) is 3.25. The van der Waals surface area contributed by atoms with Gasteiger partial charge in [-0.1, -0.05) is 6.92 Å². The summed E-state index contributed by atoms with van der Waals surface area (Å²) in [6, 6.07) is 1.05. The van der Waals surface area contributed by atoms with Gasteiger partial charge in [0.25, 0.3) is 0 Å². The third kappa shape index (κ3) is 3.26. The summed E-state index contributed by atoms with van der Waals surface area (Å²) in [7, 11) is 0. The first-order valence-corrected chi connectivity index (χ1v) is 7.16. The molecule has 0 bridgehead atoms. The number of nitrogen functional groups attached to an aromatic ring is 1. The highest BCUT2D eigenvalue weighted by Crippen LogP contribution is 2.34. The minimum atomic E-state index is -4.43. The van der Waals surface area contributed by atoms with Crippen molar-refractivity contribution in [3.63, 3.8) is 0 Å². The maximum absolute atomic E-state index is 12.7. The van der Waals surface area contributed by atoms with Crippen molar-refractivity contribution in [1.29, 1.82) is 0 Å². The molecule has 0 aliphatic carbocycles. The molecule has 2 heterocycles. The maximum Gasteiger partial charge on any atom is 0.433 e. The zero-order valence-electron chi connectivity index (χ0n) is 10.6. The van der Waals surface area contributed by atoms with Crippen molar-refractivity contribution in [1.82, 2.24) is 4.98 Å². The van der Waals surface area contributed by atoms with E-state index >= 15 is 0 Å². The predicted molar refractivity (Wildman–Crippen MR) is 72.4 cm³/mol. The molecule has 0 aromatic carbocycles. The Balaban J connectivity index is 2.28. The number of aromatic nitrogens is 1. The molecule has 1 fully saturated rings. The molecule has 1 aromatic rings. The molecular weight excluding hydrogens is 275 g/mol. The molecular formula is C12H16F3N3S. The number of hydrogen-bond acceptors (Lipinski definition) is 4. The first-order valence-electron chi connectivity index (χ1n) is 6.11. The Hall–Kier alpha value is -1.11. The average molecular weight is 291 g/mol. The Labute approximate surface area is 114 Å². The van der Waals surface area contributed by atoms with Crippen LogP contribution in [0.15, 0.2) is 12.3 Å². The Morgan fingerprint density at radius 2 is 2.26 bits per heavy atom. The Bertz CT molecular complexity index is 450. The highest BCUT2D eigenvalue weighted by Gasteiger charge is 2.33. The first-order chi connectivity index (χ1) is 8.91. The summed E-state index contributed by atoms with van der Waals surface area (Å²) in [6.07, 6.45) is -2.34. The molecule has 1 aliphatic heterocycles. The van der Waals surface area contributed by atoms with Gasteiger partial charge in [-0.3, -0.25) is 0 Å². The summed E-state index contributed by atoms with van der Waals surface area (Å²) in [5.41, 5.74) is 5.63. The van der Waals surface area contributed by atoms with E-state index in [1.807, 2.05) is 16.7 Å².